The predicted molar refractivity (Wildman–Crippen MR) is 130 cm³/mol. The minimum atomic E-state index is -4.74. The van der Waals surface area contributed by atoms with Crippen molar-refractivity contribution in [2.24, 2.45) is 5.16 Å². The van der Waals surface area contributed by atoms with Crippen LogP contribution in [0.3, 0.4) is 0 Å². The number of halogens is 5. The molecule has 1 fully saturated rings. The summed E-state index contributed by atoms with van der Waals surface area (Å²) in [4.78, 5) is 34.8. The van der Waals surface area contributed by atoms with Crippen LogP contribution in [0.1, 0.15) is 54.3 Å². The Labute approximate surface area is 220 Å². The van der Waals surface area contributed by atoms with Gasteiger partial charge in [0, 0.05) is 42.5 Å². The first-order valence-corrected chi connectivity index (χ1v) is 11.9. The van der Waals surface area contributed by atoms with E-state index in [-0.39, 0.29) is 17.5 Å². The Bertz CT molecular complexity index is 1390. The largest absolute Gasteiger partial charge is 0.451 e. The first-order chi connectivity index (χ1) is 18.4. The molecule has 39 heavy (non-hydrogen) atoms. The monoisotopic (exact) mass is 549 g/mol. The standard InChI is InChI=1S/C25H24F5N7O2/c1-13-11-20(34-23(32-13)25(28,29)30)39-36-14(2)17-12-31-15(3)33-21(17)16-7-9-37(10-8-16)24(38)35-22-18(26)5-4-6-19(22)27/h4-6,11-12,16H,7-10H2,1-3H3,(H,35,38). The van der Waals surface area contributed by atoms with Crippen molar-refractivity contribution in [3.8, 4) is 5.88 Å². The van der Waals surface area contributed by atoms with Gasteiger partial charge in [0.15, 0.2) is 0 Å². The maximum absolute atomic E-state index is 13.9. The number of hydrogen-bond donors (Lipinski definition) is 1. The van der Waals surface area contributed by atoms with E-state index >= 15 is 0 Å². The van der Waals surface area contributed by atoms with Crippen molar-refractivity contribution in [3.05, 3.63) is 70.7 Å². The molecule has 3 aromatic rings. The Morgan fingerprint density at radius 3 is 2.41 bits per heavy atom. The molecule has 0 radical (unpaired) electrons. The summed E-state index contributed by atoms with van der Waals surface area (Å²) < 4.78 is 66.9. The van der Waals surface area contributed by atoms with Crippen molar-refractivity contribution >= 4 is 17.4 Å². The minimum Gasteiger partial charge on any atom is -0.336 e. The molecule has 0 aliphatic carbocycles. The second-order valence-electron chi connectivity index (χ2n) is 8.94. The highest BCUT2D eigenvalue weighted by atomic mass is 19.4. The fourth-order valence-electron chi connectivity index (χ4n) is 4.11. The molecule has 4 rings (SSSR count). The molecule has 1 aliphatic rings. The Hall–Kier alpha value is -4.23. The molecule has 206 valence electrons. The van der Waals surface area contributed by atoms with Gasteiger partial charge in [-0.05, 0) is 45.7 Å². The van der Waals surface area contributed by atoms with Gasteiger partial charge in [0.2, 0.25) is 5.82 Å². The molecule has 2 amide bonds. The van der Waals surface area contributed by atoms with Crippen LogP contribution in [0.5, 0.6) is 5.88 Å². The van der Waals surface area contributed by atoms with E-state index in [1.165, 1.54) is 24.0 Å². The molecule has 1 aliphatic heterocycles. The van der Waals surface area contributed by atoms with E-state index in [0.29, 0.717) is 48.7 Å². The maximum atomic E-state index is 13.9. The number of carbonyl (C=O) groups is 1. The number of carbonyl (C=O) groups excluding carboxylic acids is 1. The summed E-state index contributed by atoms with van der Waals surface area (Å²) in [6.07, 6.45) is -2.21. The second-order valence-corrected chi connectivity index (χ2v) is 8.94. The van der Waals surface area contributed by atoms with Gasteiger partial charge >= 0.3 is 12.2 Å². The molecule has 0 atom stereocenters. The van der Waals surface area contributed by atoms with Crippen LogP contribution in [0.25, 0.3) is 0 Å². The summed E-state index contributed by atoms with van der Waals surface area (Å²) in [5.41, 5.74) is 1.03. The number of piperidine rings is 1. The summed E-state index contributed by atoms with van der Waals surface area (Å²) in [6.45, 7) is 5.28. The van der Waals surface area contributed by atoms with Gasteiger partial charge in [-0.1, -0.05) is 11.2 Å². The number of nitrogens with one attached hydrogen (secondary N) is 1. The van der Waals surface area contributed by atoms with Gasteiger partial charge in [-0.25, -0.2) is 28.5 Å². The van der Waals surface area contributed by atoms with Gasteiger partial charge in [-0.3, -0.25) is 0 Å². The van der Waals surface area contributed by atoms with Crippen molar-refractivity contribution in [2.75, 3.05) is 18.4 Å². The third-order valence-corrected chi connectivity index (χ3v) is 6.05. The van der Waals surface area contributed by atoms with E-state index < -0.39 is 35.4 Å². The molecule has 0 saturated carbocycles. The average Bonchev–Trinajstić information content (AvgIpc) is 2.88. The topological polar surface area (TPSA) is 105 Å². The number of likely N-dealkylation sites (tertiary alicyclic amines) is 1. The molecule has 3 heterocycles. The van der Waals surface area contributed by atoms with Gasteiger partial charge in [0.1, 0.15) is 23.1 Å². The number of urea groups is 1. The zero-order valence-corrected chi connectivity index (χ0v) is 21.2. The Morgan fingerprint density at radius 2 is 1.77 bits per heavy atom. The Morgan fingerprint density at radius 1 is 1.10 bits per heavy atom. The van der Waals surface area contributed by atoms with Crippen LogP contribution in [-0.2, 0) is 6.18 Å². The van der Waals surface area contributed by atoms with Crippen molar-refractivity contribution in [2.45, 2.75) is 45.7 Å². The van der Waals surface area contributed by atoms with Crippen LogP contribution in [0.15, 0.2) is 35.6 Å². The number of hydrogen-bond acceptors (Lipinski definition) is 7. The number of rotatable bonds is 5. The van der Waals surface area contributed by atoms with Gasteiger partial charge in [-0.2, -0.15) is 18.2 Å². The Balaban J connectivity index is 1.47. The van der Waals surface area contributed by atoms with E-state index in [2.05, 4.69) is 30.4 Å². The van der Waals surface area contributed by atoms with Crippen LogP contribution < -0.4 is 10.2 Å². The van der Waals surface area contributed by atoms with Crippen molar-refractivity contribution in [3.63, 3.8) is 0 Å². The number of anilines is 1. The zero-order valence-electron chi connectivity index (χ0n) is 21.2. The fourth-order valence-corrected chi connectivity index (χ4v) is 4.11. The lowest BCUT2D eigenvalue weighted by Gasteiger charge is -2.32. The molecule has 1 saturated heterocycles. The smallest absolute Gasteiger partial charge is 0.336 e. The van der Waals surface area contributed by atoms with Crippen molar-refractivity contribution in [1.29, 1.82) is 0 Å². The van der Waals surface area contributed by atoms with Crippen molar-refractivity contribution in [1.82, 2.24) is 24.8 Å². The summed E-state index contributed by atoms with van der Waals surface area (Å²) in [6, 6.07) is 3.92. The second kappa shape index (κ2) is 11.3. The molecule has 9 nitrogen and oxygen atoms in total. The summed E-state index contributed by atoms with van der Waals surface area (Å²) in [5, 5.41) is 6.24. The number of aryl methyl sites for hydroxylation is 2. The average molecular weight is 550 g/mol. The number of amides is 2. The van der Waals surface area contributed by atoms with Gasteiger partial charge in [0.05, 0.1) is 11.4 Å². The molecule has 2 aromatic heterocycles. The number of oxime groups is 1. The first kappa shape index (κ1) is 27.8. The van der Waals surface area contributed by atoms with E-state index in [1.807, 2.05) is 0 Å². The lowest BCUT2D eigenvalue weighted by atomic mass is 9.90. The number of benzene rings is 1. The lowest BCUT2D eigenvalue weighted by molar-refractivity contribution is -0.145. The molecule has 0 bridgehead atoms. The molecule has 1 N–H and O–H groups in total. The van der Waals surface area contributed by atoms with E-state index in [1.54, 1.807) is 20.0 Å². The zero-order chi connectivity index (χ0) is 28.3. The molecular weight excluding hydrogens is 525 g/mol. The minimum absolute atomic E-state index is 0.0630. The van der Waals surface area contributed by atoms with Crippen molar-refractivity contribution < 1.29 is 31.6 Å². The molecule has 14 heteroatoms. The normalized spacial score (nSPS) is 14.9. The SMILES string of the molecule is CC(=NOc1cc(C)nc(C(F)(F)F)n1)c1cnc(C)nc1C1CCN(C(=O)Nc2c(F)cccc2F)CC1. The molecule has 1 aromatic carbocycles. The van der Waals surface area contributed by atoms with Gasteiger partial charge in [-0.15, -0.1) is 0 Å². The van der Waals surface area contributed by atoms with Gasteiger partial charge < -0.3 is 15.1 Å². The number of aromatic nitrogens is 4. The van der Waals surface area contributed by atoms with E-state index in [9.17, 15) is 26.7 Å². The lowest BCUT2D eigenvalue weighted by Crippen LogP contribution is -2.41. The third-order valence-electron chi connectivity index (χ3n) is 6.05. The number of para-hydroxylation sites is 1. The first-order valence-electron chi connectivity index (χ1n) is 11.9. The third kappa shape index (κ3) is 6.62. The summed E-state index contributed by atoms with van der Waals surface area (Å²) >= 11 is 0. The number of alkyl halides is 3. The fraction of sp³-hybridized carbons (Fsp3) is 0.360. The maximum Gasteiger partial charge on any atom is 0.451 e. The summed E-state index contributed by atoms with van der Waals surface area (Å²) in [5.74, 6) is -3.06. The molecular formula is C25H24F5N7O2. The highest BCUT2D eigenvalue weighted by Gasteiger charge is 2.35. The molecule has 0 spiro atoms. The van der Waals surface area contributed by atoms with Crippen LogP contribution in [0, 0.1) is 25.5 Å². The highest BCUT2D eigenvalue weighted by Crippen LogP contribution is 2.31. The van der Waals surface area contributed by atoms with Crippen LogP contribution >= 0.6 is 0 Å². The van der Waals surface area contributed by atoms with E-state index in [0.717, 1.165) is 12.1 Å². The predicted octanol–water partition coefficient (Wildman–Crippen LogP) is 5.39. The summed E-state index contributed by atoms with van der Waals surface area (Å²) in [7, 11) is 0. The molecule has 0 unspecified atom stereocenters. The van der Waals surface area contributed by atoms with Crippen LogP contribution in [0.4, 0.5) is 32.4 Å². The quantitative estimate of drug-likeness (QED) is 0.260. The van der Waals surface area contributed by atoms with Crippen LogP contribution in [0.2, 0.25) is 0 Å². The Kier molecular flexibility index (Phi) is 8.02. The highest BCUT2D eigenvalue weighted by molar-refractivity contribution is 5.99. The van der Waals surface area contributed by atoms with Gasteiger partial charge in [0.25, 0.3) is 5.88 Å². The number of nitrogens with zero attached hydrogens (tertiary/aromatic N) is 6. The van der Waals surface area contributed by atoms with E-state index in [4.69, 9.17) is 4.84 Å². The van der Waals surface area contributed by atoms with Crippen LogP contribution in [-0.4, -0.2) is 49.7 Å².